The Bertz CT molecular complexity index is 1150. The molecule has 6 nitrogen and oxygen atoms in total. The van der Waals surface area contributed by atoms with Gasteiger partial charge < -0.3 is 5.73 Å². The minimum absolute atomic E-state index is 0.0447. The molecule has 0 radical (unpaired) electrons. The molecule has 1 aromatic heterocycles. The molecule has 0 aliphatic carbocycles. The van der Waals surface area contributed by atoms with E-state index in [4.69, 9.17) is 5.73 Å². The Labute approximate surface area is 149 Å². The van der Waals surface area contributed by atoms with Crippen molar-refractivity contribution in [2.45, 2.75) is 17.4 Å². The van der Waals surface area contributed by atoms with Gasteiger partial charge in [-0.1, -0.05) is 18.2 Å². The SMILES string of the molecule is NC(=O)[C@@H]1Cc2ccccc2N1S(=O)(=O)c1ccc(F)c2ncccc12. The van der Waals surface area contributed by atoms with Crippen molar-refractivity contribution >= 4 is 32.5 Å². The first-order valence-electron chi connectivity index (χ1n) is 7.86. The molecule has 1 amide bonds. The van der Waals surface area contributed by atoms with Crippen molar-refractivity contribution in [2.75, 3.05) is 4.31 Å². The number of sulfonamides is 1. The molecule has 3 aromatic rings. The molecule has 26 heavy (non-hydrogen) atoms. The number of aromatic nitrogens is 1. The highest BCUT2D eigenvalue weighted by atomic mass is 32.2. The molecule has 2 aromatic carbocycles. The topological polar surface area (TPSA) is 93.4 Å². The minimum Gasteiger partial charge on any atom is -0.368 e. The fourth-order valence-corrected chi connectivity index (χ4v) is 5.16. The Balaban J connectivity index is 1.97. The van der Waals surface area contributed by atoms with Gasteiger partial charge >= 0.3 is 0 Å². The molecule has 0 unspecified atom stereocenters. The van der Waals surface area contributed by atoms with Gasteiger partial charge in [0.15, 0.2) is 0 Å². The van der Waals surface area contributed by atoms with Gasteiger partial charge in [0.1, 0.15) is 17.4 Å². The first kappa shape index (κ1) is 16.5. The van der Waals surface area contributed by atoms with Crippen LogP contribution < -0.4 is 10.0 Å². The average Bonchev–Trinajstić information content (AvgIpc) is 3.03. The van der Waals surface area contributed by atoms with Crippen LogP contribution in [-0.4, -0.2) is 25.4 Å². The van der Waals surface area contributed by atoms with Crippen molar-refractivity contribution in [1.29, 1.82) is 0 Å². The second kappa shape index (κ2) is 5.77. The molecule has 4 rings (SSSR count). The van der Waals surface area contributed by atoms with E-state index in [9.17, 15) is 17.6 Å². The lowest BCUT2D eigenvalue weighted by Gasteiger charge is -2.25. The summed E-state index contributed by atoms with van der Waals surface area (Å²) in [6.07, 6.45) is 1.58. The van der Waals surface area contributed by atoms with Crippen LogP contribution in [0.1, 0.15) is 5.56 Å². The highest BCUT2D eigenvalue weighted by Crippen LogP contribution is 2.38. The van der Waals surface area contributed by atoms with Gasteiger partial charge in [-0.25, -0.2) is 12.8 Å². The zero-order valence-corrected chi connectivity index (χ0v) is 14.3. The maximum atomic E-state index is 14.0. The standard InChI is InChI=1S/C18H14FN3O3S/c19-13-7-8-16(12-5-3-9-21-17(12)13)26(24,25)22-14-6-2-1-4-11(14)10-15(22)18(20)23/h1-9,15H,10H2,(H2,20,23)/t15-/m0/s1. The number of benzene rings is 2. The van der Waals surface area contributed by atoms with E-state index in [0.29, 0.717) is 11.3 Å². The predicted octanol–water partition coefficient (Wildman–Crippen LogP) is 1.98. The van der Waals surface area contributed by atoms with Crippen molar-refractivity contribution < 1.29 is 17.6 Å². The van der Waals surface area contributed by atoms with E-state index in [0.717, 1.165) is 10.4 Å². The zero-order chi connectivity index (χ0) is 18.5. The number of amides is 1. The number of halogens is 1. The number of nitrogens with two attached hydrogens (primary N) is 1. The summed E-state index contributed by atoms with van der Waals surface area (Å²) in [7, 11) is -4.16. The van der Waals surface area contributed by atoms with E-state index in [1.54, 1.807) is 24.3 Å². The van der Waals surface area contributed by atoms with Crippen LogP contribution in [0.15, 0.2) is 59.6 Å². The first-order valence-corrected chi connectivity index (χ1v) is 9.30. The van der Waals surface area contributed by atoms with Crippen molar-refractivity contribution in [2.24, 2.45) is 5.73 Å². The Morgan fingerprint density at radius 3 is 2.69 bits per heavy atom. The van der Waals surface area contributed by atoms with Crippen LogP contribution in [-0.2, 0) is 21.2 Å². The second-order valence-electron chi connectivity index (χ2n) is 6.00. The Morgan fingerprint density at radius 2 is 1.92 bits per heavy atom. The van der Waals surface area contributed by atoms with E-state index < -0.39 is 27.8 Å². The molecule has 1 aliphatic heterocycles. The highest BCUT2D eigenvalue weighted by Gasteiger charge is 2.41. The maximum Gasteiger partial charge on any atom is 0.265 e. The summed E-state index contributed by atoms with van der Waals surface area (Å²) in [6, 6.07) is 11.1. The van der Waals surface area contributed by atoms with E-state index in [1.807, 2.05) is 0 Å². The summed E-state index contributed by atoms with van der Waals surface area (Å²) >= 11 is 0. The third-order valence-corrected chi connectivity index (χ3v) is 6.35. The lowest BCUT2D eigenvalue weighted by molar-refractivity contribution is -0.118. The molecule has 132 valence electrons. The molecule has 2 heterocycles. The van der Waals surface area contributed by atoms with Gasteiger partial charge in [-0.2, -0.15) is 0 Å². The predicted molar refractivity (Wildman–Crippen MR) is 94.5 cm³/mol. The van der Waals surface area contributed by atoms with E-state index in [-0.39, 0.29) is 22.2 Å². The zero-order valence-electron chi connectivity index (χ0n) is 13.5. The Morgan fingerprint density at radius 1 is 1.15 bits per heavy atom. The summed E-state index contributed by atoms with van der Waals surface area (Å²) in [4.78, 5) is 15.7. The number of hydrogen-bond donors (Lipinski definition) is 1. The van der Waals surface area contributed by atoms with Crippen LogP contribution in [0.25, 0.3) is 10.9 Å². The maximum absolute atomic E-state index is 14.0. The van der Waals surface area contributed by atoms with Crippen LogP contribution in [0.2, 0.25) is 0 Å². The second-order valence-corrected chi connectivity index (χ2v) is 7.78. The summed E-state index contributed by atoms with van der Waals surface area (Å²) in [5.41, 5.74) is 6.53. The third kappa shape index (κ3) is 2.33. The highest BCUT2D eigenvalue weighted by molar-refractivity contribution is 7.93. The van der Waals surface area contributed by atoms with Gasteiger partial charge in [0.2, 0.25) is 5.91 Å². The molecule has 0 fully saturated rings. The van der Waals surface area contributed by atoms with Crippen molar-refractivity contribution in [1.82, 2.24) is 4.98 Å². The van der Waals surface area contributed by atoms with Crippen LogP contribution in [0.3, 0.4) is 0 Å². The number of anilines is 1. The molecule has 1 aliphatic rings. The minimum atomic E-state index is -4.16. The Kier molecular flexibility index (Phi) is 3.66. The number of rotatable bonds is 3. The van der Waals surface area contributed by atoms with Crippen LogP contribution >= 0.6 is 0 Å². The number of hydrogen-bond acceptors (Lipinski definition) is 4. The van der Waals surface area contributed by atoms with Gasteiger partial charge in [0.25, 0.3) is 10.0 Å². The molecular formula is C18H14FN3O3S. The molecule has 0 saturated heterocycles. The number of carbonyl (C=O) groups is 1. The molecule has 0 saturated carbocycles. The Hall–Kier alpha value is -3.00. The molecule has 0 spiro atoms. The van der Waals surface area contributed by atoms with Crippen LogP contribution in [0.4, 0.5) is 10.1 Å². The number of fused-ring (bicyclic) bond motifs is 2. The number of pyridine rings is 1. The molecular weight excluding hydrogens is 357 g/mol. The smallest absolute Gasteiger partial charge is 0.265 e. The van der Waals surface area contributed by atoms with E-state index in [1.165, 1.54) is 24.4 Å². The summed E-state index contributed by atoms with van der Waals surface area (Å²) in [5, 5.41) is 0.153. The molecule has 1 atom stereocenters. The van der Waals surface area contributed by atoms with Crippen LogP contribution in [0.5, 0.6) is 0 Å². The molecule has 2 N–H and O–H groups in total. The largest absolute Gasteiger partial charge is 0.368 e. The molecule has 8 heteroatoms. The summed E-state index contributed by atoms with van der Waals surface area (Å²) in [6.45, 7) is 0. The average molecular weight is 371 g/mol. The van der Waals surface area contributed by atoms with Gasteiger partial charge in [0, 0.05) is 18.0 Å². The van der Waals surface area contributed by atoms with Crippen LogP contribution in [0, 0.1) is 5.82 Å². The van der Waals surface area contributed by atoms with E-state index in [2.05, 4.69) is 4.98 Å². The third-order valence-electron chi connectivity index (χ3n) is 4.47. The summed E-state index contributed by atoms with van der Waals surface area (Å²) in [5.74, 6) is -1.36. The van der Waals surface area contributed by atoms with Gasteiger partial charge in [-0.15, -0.1) is 0 Å². The fraction of sp³-hybridized carbons (Fsp3) is 0.111. The first-order chi connectivity index (χ1) is 12.4. The lowest BCUT2D eigenvalue weighted by Crippen LogP contribution is -2.46. The van der Waals surface area contributed by atoms with Gasteiger partial charge in [-0.05, 0) is 35.9 Å². The monoisotopic (exact) mass is 371 g/mol. The normalized spacial score (nSPS) is 16.7. The van der Waals surface area contributed by atoms with Gasteiger partial charge in [-0.3, -0.25) is 14.1 Å². The summed E-state index contributed by atoms with van der Waals surface area (Å²) < 4.78 is 41.9. The molecule has 0 bridgehead atoms. The van der Waals surface area contributed by atoms with Crippen molar-refractivity contribution in [3.05, 3.63) is 66.1 Å². The number of carbonyl (C=O) groups excluding carboxylic acids is 1. The van der Waals surface area contributed by atoms with E-state index >= 15 is 0 Å². The number of nitrogens with zero attached hydrogens (tertiary/aromatic N) is 2. The fourth-order valence-electron chi connectivity index (χ4n) is 3.31. The number of primary amides is 1. The lowest BCUT2D eigenvalue weighted by atomic mass is 10.1. The quantitative estimate of drug-likeness (QED) is 0.762. The van der Waals surface area contributed by atoms with Crippen molar-refractivity contribution in [3.8, 4) is 0 Å². The number of para-hydroxylation sites is 1. The van der Waals surface area contributed by atoms with Gasteiger partial charge in [0.05, 0.1) is 10.6 Å². The van der Waals surface area contributed by atoms with Crippen molar-refractivity contribution in [3.63, 3.8) is 0 Å².